The van der Waals surface area contributed by atoms with Crippen molar-refractivity contribution in [3.63, 3.8) is 0 Å². The van der Waals surface area contributed by atoms with E-state index in [1.165, 1.54) is 0 Å². The highest BCUT2D eigenvalue weighted by atomic mass is 16.5. The van der Waals surface area contributed by atoms with E-state index in [1.807, 2.05) is 61.5 Å². The Kier molecular flexibility index (Phi) is 4.63. The molecule has 0 fully saturated rings. The first-order chi connectivity index (χ1) is 10.1. The number of hydrogen-bond donors (Lipinski definition) is 1. The first kappa shape index (κ1) is 15.1. The summed E-state index contributed by atoms with van der Waals surface area (Å²) in [5, 5.41) is 9.69. The highest BCUT2D eigenvalue weighted by Gasteiger charge is 2.35. The molecule has 110 valence electrons. The van der Waals surface area contributed by atoms with Crippen LogP contribution in [0.25, 0.3) is 0 Å². The van der Waals surface area contributed by atoms with Gasteiger partial charge in [-0.05, 0) is 43.5 Å². The second-order valence-electron chi connectivity index (χ2n) is 5.26. The van der Waals surface area contributed by atoms with Gasteiger partial charge in [-0.2, -0.15) is 0 Å². The van der Waals surface area contributed by atoms with Crippen LogP contribution >= 0.6 is 0 Å². The van der Waals surface area contributed by atoms with Crippen LogP contribution in [-0.2, 0) is 16.6 Å². The van der Waals surface area contributed by atoms with Gasteiger partial charge in [-0.3, -0.25) is 4.79 Å². The lowest BCUT2D eigenvalue weighted by molar-refractivity contribution is -0.143. The number of ether oxygens (including phenoxy) is 1. The quantitative estimate of drug-likeness (QED) is 0.880. The summed E-state index contributed by atoms with van der Waals surface area (Å²) in [5.74, 6) is -0.0497. The maximum Gasteiger partial charge on any atom is 0.314 e. The summed E-state index contributed by atoms with van der Waals surface area (Å²) in [6.07, 6.45) is 0.424. The molecule has 0 heterocycles. The maximum absolute atomic E-state index is 11.8. The molecule has 21 heavy (non-hydrogen) atoms. The number of rotatable bonds is 6. The Morgan fingerprint density at radius 2 is 1.86 bits per heavy atom. The number of hydrogen-bond acceptors (Lipinski definition) is 2. The number of aliphatic carboxylic acids is 1. The summed E-state index contributed by atoms with van der Waals surface area (Å²) in [7, 11) is 0. The van der Waals surface area contributed by atoms with E-state index >= 15 is 0 Å². The minimum atomic E-state index is -0.952. The fraction of sp³-hybridized carbons (Fsp3) is 0.278. The van der Waals surface area contributed by atoms with Gasteiger partial charge in [0.15, 0.2) is 0 Å². The van der Waals surface area contributed by atoms with Crippen LogP contribution in [0.15, 0.2) is 54.6 Å². The van der Waals surface area contributed by atoms with Gasteiger partial charge in [0.1, 0.15) is 5.75 Å². The van der Waals surface area contributed by atoms with Crippen molar-refractivity contribution in [1.29, 1.82) is 0 Å². The average molecular weight is 284 g/mol. The molecule has 0 aliphatic carbocycles. The van der Waals surface area contributed by atoms with Gasteiger partial charge < -0.3 is 9.84 Å². The first-order valence-corrected chi connectivity index (χ1v) is 7.07. The summed E-state index contributed by atoms with van der Waals surface area (Å²) in [6, 6.07) is 17.0. The minimum Gasteiger partial charge on any atom is -0.494 e. The molecule has 0 bridgehead atoms. The molecule has 0 saturated carbocycles. The second kappa shape index (κ2) is 6.44. The van der Waals surface area contributed by atoms with Gasteiger partial charge in [-0.1, -0.05) is 42.5 Å². The number of carbonyl (C=O) groups is 1. The maximum atomic E-state index is 11.8. The Bertz CT molecular complexity index is 607. The van der Waals surface area contributed by atoms with Crippen molar-refractivity contribution in [3.05, 3.63) is 65.7 Å². The summed E-state index contributed by atoms with van der Waals surface area (Å²) >= 11 is 0. The Labute approximate surface area is 125 Å². The molecule has 0 radical (unpaired) electrons. The van der Waals surface area contributed by atoms with E-state index in [0.717, 1.165) is 16.9 Å². The monoisotopic (exact) mass is 284 g/mol. The van der Waals surface area contributed by atoms with E-state index in [0.29, 0.717) is 13.0 Å². The van der Waals surface area contributed by atoms with Crippen molar-refractivity contribution in [3.8, 4) is 5.75 Å². The molecule has 1 atom stereocenters. The molecule has 2 aromatic carbocycles. The summed E-state index contributed by atoms with van der Waals surface area (Å²) in [5.41, 5.74) is 0.806. The van der Waals surface area contributed by atoms with Crippen LogP contribution < -0.4 is 4.74 Å². The van der Waals surface area contributed by atoms with E-state index in [9.17, 15) is 9.90 Å². The predicted molar refractivity (Wildman–Crippen MR) is 82.7 cm³/mol. The zero-order valence-electron chi connectivity index (χ0n) is 12.4. The third kappa shape index (κ3) is 3.43. The van der Waals surface area contributed by atoms with E-state index in [2.05, 4.69) is 0 Å². The van der Waals surface area contributed by atoms with Crippen LogP contribution in [0.4, 0.5) is 0 Å². The van der Waals surface area contributed by atoms with Crippen LogP contribution in [0.3, 0.4) is 0 Å². The third-order valence-electron chi connectivity index (χ3n) is 3.65. The molecule has 0 amide bonds. The number of benzene rings is 2. The zero-order valence-corrected chi connectivity index (χ0v) is 12.4. The lowest BCUT2D eigenvalue weighted by atomic mass is 9.77. The standard InChI is InChI=1S/C18H20O3/c1-3-21-16-11-7-8-14(12-16)13-18(2,17(19)20)15-9-5-4-6-10-15/h4-12H,3,13H2,1-2H3,(H,19,20). The molecule has 1 N–H and O–H groups in total. The van der Waals surface area contributed by atoms with Crippen molar-refractivity contribution in [2.45, 2.75) is 25.7 Å². The Morgan fingerprint density at radius 1 is 1.14 bits per heavy atom. The average Bonchev–Trinajstić information content (AvgIpc) is 2.48. The van der Waals surface area contributed by atoms with Crippen LogP contribution in [-0.4, -0.2) is 17.7 Å². The van der Waals surface area contributed by atoms with E-state index < -0.39 is 11.4 Å². The van der Waals surface area contributed by atoms with Gasteiger partial charge in [-0.15, -0.1) is 0 Å². The van der Waals surface area contributed by atoms with Gasteiger partial charge >= 0.3 is 5.97 Å². The second-order valence-corrected chi connectivity index (χ2v) is 5.26. The molecule has 0 spiro atoms. The predicted octanol–water partition coefficient (Wildman–Crippen LogP) is 3.67. The normalized spacial score (nSPS) is 13.4. The molecule has 3 nitrogen and oxygen atoms in total. The lowest BCUT2D eigenvalue weighted by Gasteiger charge is -2.25. The molecule has 2 rings (SSSR count). The zero-order chi connectivity index (χ0) is 15.3. The van der Waals surface area contributed by atoms with Gasteiger partial charge in [0.05, 0.1) is 12.0 Å². The van der Waals surface area contributed by atoms with Crippen LogP contribution in [0.5, 0.6) is 5.75 Å². The van der Waals surface area contributed by atoms with Crippen molar-refractivity contribution < 1.29 is 14.6 Å². The highest BCUT2D eigenvalue weighted by Crippen LogP contribution is 2.29. The molecule has 0 aromatic heterocycles. The Hall–Kier alpha value is -2.29. The van der Waals surface area contributed by atoms with E-state index in [-0.39, 0.29) is 0 Å². The first-order valence-electron chi connectivity index (χ1n) is 7.07. The van der Waals surface area contributed by atoms with E-state index in [4.69, 9.17) is 4.74 Å². The fourth-order valence-electron chi connectivity index (χ4n) is 2.43. The summed E-state index contributed by atoms with van der Waals surface area (Å²) in [4.78, 5) is 11.8. The molecule has 0 aliphatic heterocycles. The summed E-state index contributed by atoms with van der Waals surface area (Å²) < 4.78 is 5.48. The fourth-order valence-corrected chi connectivity index (χ4v) is 2.43. The molecule has 0 saturated heterocycles. The highest BCUT2D eigenvalue weighted by molar-refractivity contribution is 5.81. The van der Waals surface area contributed by atoms with Crippen LogP contribution in [0.2, 0.25) is 0 Å². The van der Waals surface area contributed by atoms with Crippen LogP contribution in [0, 0.1) is 0 Å². The number of carboxylic acid groups (broad SMARTS) is 1. The Morgan fingerprint density at radius 3 is 2.48 bits per heavy atom. The SMILES string of the molecule is CCOc1cccc(CC(C)(C(=O)O)c2ccccc2)c1. The van der Waals surface area contributed by atoms with Crippen LogP contribution in [0.1, 0.15) is 25.0 Å². The molecular formula is C18H20O3. The van der Waals surface area contributed by atoms with Crippen molar-refractivity contribution >= 4 is 5.97 Å². The molecule has 0 aliphatic rings. The van der Waals surface area contributed by atoms with Crippen molar-refractivity contribution in [1.82, 2.24) is 0 Å². The molecule has 2 aromatic rings. The van der Waals surface area contributed by atoms with Crippen molar-refractivity contribution in [2.24, 2.45) is 0 Å². The molecule has 3 heteroatoms. The summed E-state index contributed by atoms with van der Waals surface area (Å²) in [6.45, 7) is 4.29. The number of carboxylic acids is 1. The third-order valence-corrected chi connectivity index (χ3v) is 3.65. The molecule has 1 unspecified atom stereocenters. The van der Waals surface area contributed by atoms with Gasteiger partial charge in [0.25, 0.3) is 0 Å². The smallest absolute Gasteiger partial charge is 0.314 e. The van der Waals surface area contributed by atoms with E-state index in [1.54, 1.807) is 6.92 Å². The van der Waals surface area contributed by atoms with Gasteiger partial charge in [0.2, 0.25) is 0 Å². The van der Waals surface area contributed by atoms with Gasteiger partial charge in [-0.25, -0.2) is 0 Å². The van der Waals surface area contributed by atoms with Crippen molar-refractivity contribution in [2.75, 3.05) is 6.61 Å². The Balaban J connectivity index is 2.33. The topological polar surface area (TPSA) is 46.5 Å². The lowest BCUT2D eigenvalue weighted by Crippen LogP contribution is -2.34. The largest absolute Gasteiger partial charge is 0.494 e. The molecular weight excluding hydrogens is 264 g/mol. The minimum absolute atomic E-state index is 0.424. The van der Waals surface area contributed by atoms with Gasteiger partial charge in [0, 0.05) is 0 Å².